The average Bonchev–Trinajstić information content (AvgIpc) is 2.70. The van der Waals surface area contributed by atoms with Crippen molar-refractivity contribution in [3.05, 3.63) is 94.2 Å². The molecule has 0 saturated heterocycles. The van der Waals surface area contributed by atoms with Crippen molar-refractivity contribution in [3.8, 4) is 5.75 Å². The van der Waals surface area contributed by atoms with Gasteiger partial charge in [0, 0.05) is 18.3 Å². The van der Waals surface area contributed by atoms with E-state index in [4.69, 9.17) is 4.74 Å². The fourth-order valence-electron chi connectivity index (χ4n) is 2.14. The standard InChI is InChI=1S/C19H14N4O4/c24-19(15-4-3-5-16(12-15)23(25)26)27-17-9-7-14(8-10-17)13-21-22-18-6-1-2-11-20-18/h1-13H,(H,20,22). The average molecular weight is 362 g/mol. The molecule has 0 aliphatic heterocycles. The van der Waals surface area contributed by atoms with Gasteiger partial charge in [-0.15, -0.1) is 0 Å². The summed E-state index contributed by atoms with van der Waals surface area (Å²) in [5, 5.41) is 14.8. The number of hydrazone groups is 1. The first-order valence-electron chi connectivity index (χ1n) is 7.88. The van der Waals surface area contributed by atoms with Crippen molar-refractivity contribution in [2.24, 2.45) is 5.10 Å². The van der Waals surface area contributed by atoms with Crippen molar-refractivity contribution in [1.29, 1.82) is 0 Å². The molecule has 8 nitrogen and oxygen atoms in total. The molecule has 0 amide bonds. The zero-order chi connectivity index (χ0) is 19.1. The number of nitro benzene ring substituents is 1. The summed E-state index contributed by atoms with van der Waals surface area (Å²) in [5.41, 5.74) is 3.52. The minimum atomic E-state index is -0.670. The topological polar surface area (TPSA) is 107 Å². The van der Waals surface area contributed by atoms with Crippen molar-refractivity contribution in [3.63, 3.8) is 0 Å². The van der Waals surface area contributed by atoms with Gasteiger partial charge in [0.15, 0.2) is 0 Å². The number of hydrogen-bond acceptors (Lipinski definition) is 7. The van der Waals surface area contributed by atoms with Crippen LogP contribution in [-0.4, -0.2) is 22.1 Å². The van der Waals surface area contributed by atoms with E-state index in [0.29, 0.717) is 11.6 Å². The summed E-state index contributed by atoms with van der Waals surface area (Å²) in [5.74, 6) is 0.273. The van der Waals surface area contributed by atoms with E-state index in [1.165, 1.54) is 24.3 Å². The van der Waals surface area contributed by atoms with Gasteiger partial charge in [0.1, 0.15) is 11.6 Å². The molecule has 3 aromatic rings. The summed E-state index contributed by atoms with van der Waals surface area (Å²) in [6.45, 7) is 0. The van der Waals surface area contributed by atoms with Gasteiger partial charge in [-0.05, 0) is 48.0 Å². The minimum Gasteiger partial charge on any atom is -0.423 e. The second-order valence-corrected chi connectivity index (χ2v) is 5.35. The number of nitrogens with zero attached hydrogens (tertiary/aromatic N) is 3. The quantitative estimate of drug-likeness (QED) is 0.236. The van der Waals surface area contributed by atoms with Gasteiger partial charge >= 0.3 is 5.97 Å². The fourth-order valence-corrected chi connectivity index (χ4v) is 2.14. The SMILES string of the molecule is O=C(Oc1ccc(C=NNc2ccccn2)cc1)c1cccc([N+](=O)[O-])c1. The van der Waals surface area contributed by atoms with Gasteiger partial charge in [-0.1, -0.05) is 12.1 Å². The van der Waals surface area contributed by atoms with Crippen LogP contribution in [0.2, 0.25) is 0 Å². The largest absolute Gasteiger partial charge is 0.423 e. The number of carbonyl (C=O) groups is 1. The highest BCUT2D eigenvalue weighted by Gasteiger charge is 2.13. The molecule has 1 heterocycles. The van der Waals surface area contributed by atoms with Gasteiger partial charge < -0.3 is 4.74 Å². The van der Waals surface area contributed by atoms with Gasteiger partial charge in [-0.2, -0.15) is 5.10 Å². The Kier molecular flexibility index (Phi) is 5.48. The molecule has 0 fully saturated rings. The molecule has 0 unspecified atom stereocenters. The lowest BCUT2D eigenvalue weighted by atomic mass is 10.2. The van der Waals surface area contributed by atoms with E-state index < -0.39 is 10.9 Å². The number of carbonyl (C=O) groups excluding carboxylic acids is 1. The van der Waals surface area contributed by atoms with Crippen molar-refractivity contribution in [2.75, 3.05) is 5.43 Å². The van der Waals surface area contributed by atoms with Gasteiger partial charge in [0.05, 0.1) is 16.7 Å². The Hall–Kier alpha value is -4.07. The number of aromatic nitrogens is 1. The van der Waals surface area contributed by atoms with E-state index in [9.17, 15) is 14.9 Å². The third-order valence-corrected chi connectivity index (χ3v) is 3.44. The normalized spacial score (nSPS) is 10.5. The Morgan fingerprint density at radius 2 is 1.93 bits per heavy atom. The lowest BCUT2D eigenvalue weighted by molar-refractivity contribution is -0.384. The molecule has 0 atom stereocenters. The molecular formula is C19H14N4O4. The smallest absolute Gasteiger partial charge is 0.343 e. The van der Waals surface area contributed by atoms with Gasteiger partial charge in [-0.3, -0.25) is 15.5 Å². The molecule has 0 radical (unpaired) electrons. The number of pyridine rings is 1. The number of benzene rings is 2. The van der Waals surface area contributed by atoms with Gasteiger partial charge in [0.25, 0.3) is 5.69 Å². The number of rotatable bonds is 6. The van der Waals surface area contributed by atoms with E-state index in [1.54, 1.807) is 42.7 Å². The number of nitrogens with one attached hydrogen (secondary N) is 1. The summed E-state index contributed by atoms with van der Waals surface area (Å²) in [6.07, 6.45) is 3.25. The summed E-state index contributed by atoms with van der Waals surface area (Å²) >= 11 is 0. The maximum Gasteiger partial charge on any atom is 0.343 e. The molecule has 2 aromatic carbocycles. The van der Waals surface area contributed by atoms with E-state index in [0.717, 1.165) is 5.56 Å². The van der Waals surface area contributed by atoms with Crippen LogP contribution in [0.4, 0.5) is 11.5 Å². The summed E-state index contributed by atoms with van der Waals surface area (Å²) in [4.78, 5) is 26.4. The molecule has 27 heavy (non-hydrogen) atoms. The molecule has 1 aromatic heterocycles. The molecule has 0 aliphatic rings. The third kappa shape index (κ3) is 4.95. The number of anilines is 1. The Labute approximate surface area is 154 Å². The van der Waals surface area contributed by atoms with E-state index >= 15 is 0 Å². The number of ether oxygens (including phenoxy) is 1. The van der Waals surface area contributed by atoms with Crippen LogP contribution in [0.5, 0.6) is 5.75 Å². The first-order chi connectivity index (χ1) is 13.1. The molecular weight excluding hydrogens is 348 g/mol. The zero-order valence-corrected chi connectivity index (χ0v) is 14.0. The Balaban J connectivity index is 1.61. The van der Waals surface area contributed by atoms with E-state index in [1.807, 2.05) is 12.1 Å². The van der Waals surface area contributed by atoms with Crippen molar-refractivity contribution < 1.29 is 14.5 Å². The molecule has 1 N–H and O–H groups in total. The highest BCUT2D eigenvalue weighted by atomic mass is 16.6. The van der Waals surface area contributed by atoms with Gasteiger partial charge in [0.2, 0.25) is 0 Å². The highest BCUT2D eigenvalue weighted by Crippen LogP contribution is 2.17. The summed E-state index contributed by atoms with van der Waals surface area (Å²) < 4.78 is 5.23. The molecule has 0 bridgehead atoms. The third-order valence-electron chi connectivity index (χ3n) is 3.44. The zero-order valence-electron chi connectivity index (χ0n) is 14.0. The second kappa shape index (κ2) is 8.34. The minimum absolute atomic E-state index is 0.106. The highest BCUT2D eigenvalue weighted by molar-refractivity contribution is 5.91. The predicted molar refractivity (Wildman–Crippen MR) is 100.0 cm³/mol. The lowest BCUT2D eigenvalue weighted by Gasteiger charge is -2.04. The van der Waals surface area contributed by atoms with E-state index in [-0.39, 0.29) is 11.3 Å². The van der Waals surface area contributed by atoms with Crippen LogP contribution in [0, 0.1) is 10.1 Å². The van der Waals surface area contributed by atoms with Crippen LogP contribution < -0.4 is 10.2 Å². The van der Waals surface area contributed by atoms with Crippen LogP contribution in [0.25, 0.3) is 0 Å². The second-order valence-electron chi connectivity index (χ2n) is 5.35. The summed E-state index contributed by atoms with van der Waals surface area (Å²) in [7, 11) is 0. The van der Waals surface area contributed by atoms with Crippen LogP contribution in [0.3, 0.4) is 0 Å². The van der Waals surface area contributed by atoms with Gasteiger partial charge in [-0.25, -0.2) is 9.78 Å². The summed E-state index contributed by atoms with van der Waals surface area (Å²) in [6, 6.07) is 17.5. The molecule has 0 saturated carbocycles. The molecule has 0 aliphatic carbocycles. The van der Waals surface area contributed by atoms with Crippen LogP contribution >= 0.6 is 0 Å². The Morgan fingerprint density at radius 1 is 1.11 bits per heavy atom. The maximum atomic E-state index is 12.1. The maximum absolute atomic E-state index is 12.1. The number of hydrogen-bond donors (Lipinski definition) is 1. The van der Waals surface area contributed by atoms with Crippen molar-refractivity contribution >= 4 is 23.7 Å². The Morgan fingerprint density at radius 3 is 2.63 bits per heavy atom. The Bertz CT molecular complexity index is 973. The monoisotopic (exact) mass is 362 g/mol. The van der Waals surface area contributed by atoms with E-state index in [2.05, 4.69) is 15.5 Å². The lowest BCUT2D eigenvalue weighted by Crippen LogP contribution is -2.08. The number of esters is 1. The number of nitro groups is 1. The van der Waals surface area contributed by atoms with Crippen LogP contribution in [0.1, 0.15) is 15.9 Å². The first-order valence-corrected chi connectivity index (χ1v) is 7.88. The van der Waals surface area contributed by atoms with Crippen molar-refractivity contribution in [2.45, 2.75) is 0 Å². The predicted octanol–water partition coefficient (Wildman–Crippen LogP) is 3.66. The molecule has 3 rings (SSSR count). The first kappa shape index (κ1) is 17.7. The molecule has 8 heteroatoms. The van der Waals surface area contributed by atoms with Crippen molar-refractivity contribution in [1.82, 2.24) is 4.98 Å². The van der Waals surface area contributed by atoms with Crippen LogP contribution in [-0.2, 0) is 0 Å². The van der Waals surface area contributed by atoms with Crippen LogP contribution in [0.15, 0.2) is 78.0 Å². The molecule has 0 spiro atoms. The fraction of sp³-hybridized carbons (Fsp3) is 0. The number of non-ortho nitro benzene ring substituents is 1. The molecule has 134 valence electrons.